The van der Waals surface area contributed by atoms with E-state index in [0.717, 1.165) is 22.3 Å². The minimum absolute atomic E-state index is 0.0721. The zero-order chi connectivity index (χ0) is 18.4. The van der Waals surface area contributed by atoms with Crippen LogP contribution < -0.4 is 0 Å². The lowest BCUT2D eigenvalue weighted by Gasteiger charge is -2.23. The van der Waals surface area contributed by atoms with E-state index in [9.17, 15) is 9.90 Å². The molecule has 0 saturated carbocycles. The predicted octanol–water partition coefficient (Wildman–Crippen LogP) is 3.26. The summed E-state index contributed by atoms with van der Waals surface area (Å²) in [4.78, 5) is 14.3. The number of carbonyl (C=O) groups excluding carboxylic acids is 1. The van der Waals surface area contributed by atoms with Crippen LogP contribution in [-0.4, -0.2) is 42.2 Å². The Morgan fingerprint density at radius 2 is 1.72 bits per heavy atom. The van der Waals surface area contributed by atoms with E-state index in [1.807, 2.05) is 63.2 Å². The molecule has 0 aliphatic carbocycles. The third-order valence-electron chi connectivity index (χ3n) is 4.14. The highest BCUT2D eigenvalue weighted by atomic mass is 16.5. The average molecular weight is 341 g/mol. The molecule has 4 nitrogen and oxygen atoms in total. The maximum atomic E-state index is 12.7. The van der Waals surface area contributed by atoms with Crippen LogP contribution in [0.5, 0.6) is 0 Å². The van der Waals surface area contributed by atoms with E-state index in [-0.39, 0.29) is 19.1 Å². The van der Waals surface area contributed by atoms with Crippen molar-refractivity contribution < 1.29 is 14.6 Å². The molecule has 2 rings (SSSR count). The molecule has 25 heavy (non-hydrogen) atoms. The van der Waals surface area contributed by atoms with Crippen LogP contribution in [0.3, 0.4) is 0 Å². The Hall–Kier alpha value is -2.17. The van der Waals surface area contributed by atoms with E-state index in [2.05, 4.69) is 0 Å². The van der Waals surface area contributed by atoms with Crippen molar-refractivity contribution in [3.8, 4) is 0 Å². The SMILES string of the molecule is Cc1cc(C)c(C(=O)N(C)CC(O)COCc2ccccc2)c(C)c1. The maximum absolute atomic E-state index is 12.7. The molecular formula is C21H27NO3. The molecule has 0 aromatic heterocycles. The monoisotopic (exact) mass is 341 g/mol. The van der Waals surface area contributed by atoms with Crippen LogP contribution in [-0.2, 0) is 11.3 Å². The van der Waals surface area contributed by atoms with Gasteiger partial charge in [0.25, 0.3) is 5.91 Å². The van der Waals surface area contributed by atoms with E-state index in [1.54, 1.807) is 11.9 Å². The van der Waals surface area contributed by atoms with Crippen LogP contribution in [0.15, 0.2) is 42.5 Å². The summed E-state index contributed by atoms with van der Waals surface area (Å²) in [5.41, 5.74) is 4.84. The van der Waals surface area contributed by atoms with Crippen LogP contribution in [0.4, 0.5) is 0 Å². The summed E-state index contributed by atoms with van der Waals surface area (Å²) in [6.07, 6.45) is -0.719. The number of nitrogens with zero attached hydrogens (tertiary/aromatic N) is 1. The van der Waals surface area contributed by atoms with Crippen LogP contribution >= 0.6 is 0 Å². The lowest BCUT2D eigenvalue weighted by atomic mass is 9.99. The number of carbonyl (C=O) groups is 1. The molecule has 0 aliphatic heterocycles. The van der Waals surface area contributed by atoms with Gasteiger partial charge in [-0.05, 0) is 37.5 Å². The highest BCUT2D eigenvalue weighted by Gasteiger charge is 2.19. The summed E-state index contributed by atoms with van der Waals surface area (Å²) in [6, 6.07) is 13.8. The molecule has 0 spiro atoms. The first-order valence-corrected chi connectivity index (χ1v) is 8.51. The number of rotatable bonds is 7. The molecule has 1 N–H and O–H groups in total. The van der Waals surface area contributed by atoms with Crippen molar-refractivity contribution in [3.63, 3.8) is 0 Å². The normalized spacial score (nSPS) is 12.0. The second-order valence-corrected chi connectivity index (χ2v) is 6.61. The Kier molecular flexibility index (Phi) is 6.73. The Bertz CT molecular complexity index is 689. The van der Waals surface area contributed by atoms with E-state index < -0.39 is 6.10 Å². The highest BCUT2D eigenvalue weighted by molar-refractivity contribution is 5.97. The molecule has 0 fully saturated rings. The molecule has 1 unspecified atom stereocenters. The largest absolute Gasteiger partial charge is 0.389 e. The number of ether oxygens (including phenoxy) is 1. The summed E-state index contributed by atoms with van der Waals surface area (Å²) in [5, 5.41) is 10.2. The van der Waals surface area contributed by atoms with Crippen molar-refractivity contribution >= 4 is 5.91 Å². The van der Waals surface area contributed by atoms with Crippen molar-refractivity contribution in [3.05, 3.63) is 70.3 Å². The minimum atomic E-state index is -0.719. The summed E-state index contributed by atoms with van der Waals surface area (Å²) in [5.74, 6) is -0.0721. The predicted molar refractivity (Wildman–Crippen MR) is 99.7 cm³/mol. The molecule has 4 heteroatoms. The fourth-order valence-electron chi connectivity index (χ4n) is 3.05. The lowest BCUT2D eigenvalue weighted by Crippen LogP contribution is -2.37. The Labute approximate surface area is 150 Å². The van der Waals surface area contributed by atoms with Gasteiger partial charge >= 0.3 is 0 Å². The van der Waals surface area contributed by atoms with Gasteiger partial charge in [0, 0.05) is 19.2 Å². The summed E-state index contributed by atoms with van der Waals surface area (Å²) < 4.78 is 5.54. The van der Waals surface area contributed by atoms with E-state index in [1.165, 1.54) is 0 Å². The van der Waals surface area contributed by atoms with E-state index in [0.29, 0.717) is 12.2 Å². The molecule has 0 aliphatic rings. The minimum Gasteiger partial charge on any atom is -0.389 e. The Morgan fingerprint density at radius 1 is 1.12 bits per heavy atom. The maximum Gasteiger partial charge on any atom is 0.254 e. The summed E-state index contributed by atoms with van der Waals surface area (Å²) in [6.45, 7) is 6.79. The smallest absolute Gasteiger partial charge is 0.254 e. The molecule has 1 atom stereocenters. The average Bonchev–Trinajstić information content (AvgIpc) is 2.54. The van der Waals surface area contributed by atoms with Gasteiger partial charge in [-0.2, -0.15) is 0 Å². The standard InChI is InChI=1S/C21H27NO3/c1-15-10-16(2)20(17(3)11-15)21(24)22(4)12-19(23)14-25-13-18-8-6-5-7-9-18/h5-11,19,23H,12-14H2,1-4H3. The van der Waals surface area contributed by atoms with Gasteiger partial charge in [-0.15, -0.1) is 0 Å². The number of aryl methyl sites for hydroxylation is 3. The fraction of sp³-hybridized carbons (Fsp3) is 0.381. The van der Waals surface area contributed by atoms with Crippen LogP contribution in [0.2, 0.25) is 0 Å². The number of likely N-dealkylation sites (N-methyl/N-ethyl adjacent to an activating group) is 1. The Morgan fingerprint density at radius 3 is 2.32 bits per heavy atom. The first kappa shape index (κ1) is 19.2. The molecule has 0 radical (unpaired) electrons. The highest BCUT2D eigenvalue weighted by Crippen LogP contribution is 2.18. The number of amides is 1. The summed E-state index contributed by atoms with van der Waals surface area (Å²) in [7, 11) is 1.71. The number of hydrogen-bond donors (Lipinski definition) is 1. The lowest BCUT2D eigenvalue weighted by molar-refractivity contribution is 0.0136. The van der Waals surface area contributed by atoms with Crippen molar-refractivity contribution in [2.45, 2.75) is 33.5 Å². The van der Waals surface area contributed by atoms with Crippen LogP contribution in [0.25, 0.3) is 0 Å². The van der Waals surface area contributed by atoms with Gasteiger partial charge in [0.15, 0.2) is 0 Å². The van der Waals surface area contributed by atoms with Crippen LogP contribution in [0.1, 0.15) is 32.6 Å². The number of aliphatic hydroxyl groups excluding tert-OH is 1. The molecule has 2 aromatic rings. The van der Waals surface area contributed by atoms with Crippen molar-refractivity contribution in [2.75, 3.05) is 20.2 Å². The van der Waals surface area contributed by atoms with Crippen LogP contribution in [0, 0.1) is 20.8 Å². The Balaban J connectivity index is 1.88. The molecule has 0 bridgehead atoms. The zero-order valence-electron chi connectivity index (χ0n) is 15.5. The topological polar surface area (TPSA) is 49.8 Å². The number of benzene rings is 2. The van der Waals surface area contributed by atoms with Gasteiger partial charge in [-0.1, -0.05) is 48.0 Å². The third kappa shape index (κ3) is 5.41. The third-order valence-corrected chi connectivity index (χ3v) is 4.14. The number of aliphatic hydroxyl groups is 1. The van der Waals surface area contributed by atoms with Gasteiger partial charge in [0.2, 0.25) is 0 Å². The van der Waals surface area contributed by atoms with Gasteiger partial charge in [0.05, 0.1) is 19.3 Å². The fourth-order valence-corrected chi connectivity index (χ4v) is 3.05. The molecule has 0 heterocycles. The van der Waals surface area contributed by atoms with Gasteiger partial charge in [0.1, 0.15) is 0 Å². The summed E-state index contributed by atoms with van der Waals surface area (Å²) >= 11 is 0. The molecular weight excluding hydrogens is 314 g/mol. The second kappa shape index (κ2) is 8.79. The first-order chi connectivity index (χ1) is 11.9. The molecule has 2 aromatic carbocycles. The molecule has 134 valence electrons. The quantitative estimate of drug-likeness (QED) is 0.841. The van der Waals surface area contributed by atoms with Gasteiger partial charge < -0.3 is 14.7 Å². The molecule has 1 amide bonds. The van der Waals surface area contributed by atoms with Crippen molar-refractivity contribution in [1.29, 1.82) is 0 Å². The molecule has 0 saturated heterocycles. The van der Waals surface area contributed by atoms with Gasteiger partial charge in [-0.25, -0.2) is 0 Å². The number of hydrogen-bond acceptors (Lipinski definition) is 3. The second-order valence-electron chi connectivity index (χ2n) is 6.61. The van der Waals surface area contributed by atoms with Crippen molar-refractivity contribution in [2.24, 2.45) is 0 Å². The zero-order valence-corrected chi connectivity index (χ0v) is 15.5. The first-order valence-electron chi connectivity index (χ1n) is 8.51. The van der Waals surface area contributed by atoms with Gasteiger partial charge in [-0.3, -0.25) is 4.79 Å². The van der Waals surface area contributed by atoms with E-state index >= 15 is 0 Å². The van der Waals surface area contributed by atoms with Crippen molar-refractivity contribution in [1.82, 2.24) is 4.90 Å². The van der Waals surface area contributed by atoms with E-state index in [4.69, 9.17) is 4.74 Å².